The first-order chi connectivity index (χ1) is 11.5. The van der Waals surface area contributed by atoms with Crippen molar-refractivity contribution < 1.29 is 14.4 Å². The minimum Gasteiger partial charge on any atom is -0.359 e. The maximum absolute atomic E-state index is 12.2. The molecule has 0 atom stereocenters. The highest BCUT2D eigenvalue weighted by molar-refractivity contribution is 9.10. The maximum Gasteiger partial charge on any atom is 0.251 e. The first kappa shape index (κ1) is 18.4. The van der Waals surface area contributed by atoms with E-state index in [4.69, 9.17) is 0 Å². The number of rotatable bonds is 5. The number of amides is 3. The Kier molecular flexibility index (Phi) is 6.78. The summed E-state index contributed by atoms with van der Waals surface area (Å²) in [7, 11) is 1.63. The maximum atomic E-state index is 12.2. The Morgan fingerprint density at radius 1 is 1.17 bits per heavy atom. The molecule has 2 N–H and O–H groups in total. The van der Waals surface area contributed by atoms with Gasteiger partial charge in [-0.25, -0.2) is 0 Å². The van der Waals surface area contributed by atoms with Crippen LogP contribution in [0.15, 0.2) is 28.7 Å². The van der Waals surface area contributed by atoms with Crippen molar-refractivity contribution >= 4 is 33.7 Å². The minimum absolute atomic E-state index is 0.00356. The molecule has 2 rings (SSSR count). The summed E-state index contributed by atoms with van der Waals surface area (Å²) >= 11 is 3.32. The number of nitrogens with one attached hydrogen (secondary N) is 2. The molecule has 6 nitrogen and oxygen atoms in total. The van der Waals surface area contributed by atoms with E-state index in [-0.39, 0.29) is 30.1 Å². The van der Waals surface area contributed by atoms with E-state index in [1.54, 1.807) is 36.2 Å². The number of hydrogen-bond acceptors (Lipinski definition) is 3. The van der Waals surface area contributed by atoms with E-state index < -0.39 is 0 Å². The number of nitrogens with zero attached hydrogens (tertiary/aromatic N) is 1. The Labute approximate surface area is 150 Å². The molecular formula is C17H22BrN3O3. The molecule has 130 valence electrons. The largest absolute Gasteiger partial charge is 0.359 e. The van der Waals surface area contributed by atoms with Gasteiger partial charge in [-0.15, -0.1) is 0 Å². The highest BCUT2D eigenvalue weighted by Crippen LogP contribution is 2.17. The van der Waals surface area contributed by atoms with Crippen LogP contribution >= 0.6 is 15.9 Å². The molecule has 1 fully saturated rings. The smallest absolute Gasteiger partial charge is 0.251 e. The van der Waals surface area contributed by atoms with Gasteiger partial charge >= 0.3 is 0 Å². The van der Waals surface area contributed by atoms with Crippen LogP contribution in [-0.2, 0) is 9.59 Å². The fourth-order valence-electron chi connectivity index (χ4n) is 2.74. The number of halogens is 1. The summed E-state index contributed by atoms with van der Waals surface area (Å²) in [6, 6.07) is 7.06. The molecule has 3 amide bonds. The summed E-state index contributed by atoms with van der Waals surface area (Å²) < 4.78 is 0.911. The third-order valence-electron chi connectivity index (χ3n) is 4.20. The molecule has 0 spiro atoms. The molecule has 0 unspecified atom stereocenters. The van der Waals surface area contributed by atoms with Crippen LogP contribution in [0, 0.1) is 5.92 Å². The Bertz CT molecular complexity index is 596. The highest BCUT2D eigenvalue weighted by Gasteiger charge is 2.26. The van der Waals surface area contributed by atoms with Crippen LogP contribution in [0.2, 0.25) is 0 Å². The van der Waals surface area contributed by atoms with Crippen molar-refractivity contribution in [2.45, 2.75) is 19.3 Å². The molecule has 0 bridgehead atoms. The lowest BCUT2D eigenvalue weighted by molar-refractivity contribution is -0.135. The second-order valence-corrected chi connectivity index (χ2v) is 6.70. The topological polar surface area (TPSA) is 78.5 Å². The fourth-order valence-corrected chi connectivity index (χ4v) is 3.00. The Balaban J connectivity index is 1.71. The Morgan fingerprint density at radius 3 is 2.38 bits per heavy atom. The average Bonchev–Trinajstić information content (AvgIpc) is 2.61. The zero-order valence-electron chi connectivity index (χ0n) is 13.7. The van der Waals surface area contributed by atoms with Crippen molar-refractivity contribution in [2.24, 2.45) is 5.92 Å². The van der Waals surface area contributed by atoms with Crippen molar-refractivity contribution in [1.29, 1.82) is 0 Å². The summed E-state index contributed by atoms with van der Waals surface area (Å²) in [6.07, 6.45) is 1.65. The number of benzene rings is 1. The summed E-state index contributed by atoms with van der Waals surface area (Å²) in [5.74, 6) is -0.130. The number of carbonyl (C=O) groups is 3. The van der Waals surface area contributed by atoms with Crippen LogP contribution < -0.4 is 10.6 Å². The van der Waals surface area contributed by atoms with Crippen LogP contribution in [0.5, 0.6) is 0 Å². The van der Waals surface area contributed by atoms with Gasteiger partial charge in [0.1, 0.15) is 0 Å². The predicted molar refractivity (Wildman–Crippen MR) is 94.5 cm³/mol. The predicted octanol–water partition coefficient (Wildman–Crippen LogP) is 1.55. The quantitative estimate of drug-likeness (QED) is 0.793. The summed E-state index contributed by atoms with van der Waals surface area (Å²) in [5.41, 5.74) is 0.567. The molecule has 1 aromatic rings. The van der Waals surface area contributed by atoms with E-state index in [1.807, 2.05) is 0 Å². The van der Waals surface area contributed by atoms with E-state index in [9.17, 15) is 14.4 Å². The molecule has 1 aliphatic rings. The van der Waals surface area contributed by atoms with Crippen LogP contribution in [0.4, 0.5) is 0 Å². The summed E-state index contributed by atoms with van der Waals surface area (Å²) in [6.45, 7) is 1.50. The van der Waals surface area contributed by atoms with E-state index in [0.29, 0.717) is 38.0 Å². The molecule has 24 heavy (non-hydrogen) atoms. The lowest BCUT2D eigenvalue weighted by atomic mass is 9.96. The molecular weight excluding hydrogens is 374 g/mol. The van der Waals surface area contributed by atoms with E-state index in [2.05, 4.69) is 26.6 Å². The van der Waals surface area contributed by atoms with Gasteiger partial charge in [-0.1, -0.05) is 15.9 Å². The van der Waals surface area contributed by atoms with E-state index >= 15 is 0 Å². The number of hydrogen-bond donors (Lipinski definition) is 2. The first-order valence-electron chi connectivity index (χ1n) is 8.04. The van der Waals surface area contributed by atoms with Crippen molar-refractivity contribution in [3.05, 3.63) is 34.3 Å². The zero-order chi connectivity index (χ0) is 17.5. The molecule has 1 aromatic carbocycles. The van der Waals surface area contributed by atoms with Crippen LogP contribution in [-0.4, -0.2) is 49.3 Å². The number of likely N-dealkylation sites (tertiary alicyclic amines) is 1. The first-order valence-corrected chi connectivity index (χ1v) is 8.83. The molecule has 1 aliphatic heterocycles. The number of piperidine rings is 1. The van der Waals surface area contributed by atoms with Crippen LogP contribution in [0.1, 0.15) is 29.6 Å². The van der Waals surface area contributed by atoms with Gasteiger partial charge in [0.2, 0.25) is 11.8 Å². The second kappa shape index (κ2) is 8.82. The molecule has 7 heteroatoms. The van der Waals surface area contributed by atoms with Crippen LogP contribution in [0.25, 0.3) is 0 Å². The lowest BCUT2D eigenvalue weighted by Crippen LogP contribution is -2.43. The normalized spacial score (nSPS) is 15.0. The molecule has 1 saturated heterocycles. The standard InChI is InChI=1S/C17H22BrN3O3/c1-19-16(23)13-7-10-21(11-8-13)15(22)6-9-20-17(24)12-2-4-14(18)5-3-12/h2-5,13H,6-11H2,1H3,(H,19,23)(H,20,24). The fraction of sp³-hybridized carbons (Fsp3) is 0.471. The van der Waals surface area contributed by atoms with Gasteiger partial charge < -0.3 is 15.5 Å². The Hall–Kier alpha value is -1.89. The molecule has 0 radical (unpaired) electrons. The van der Waals surface area contributed by atoms with Gasteiger partial charge in [-0.05, 0) is 37.1 Å². The van der Waals surface area contributed by atoms with Gasteiger partial charge in [0, 0.05) is 49.1 Å². The average molecular weight is 396 g/mol. The van der Waals surface area contributed by atoms with Crippen molar-refractivity contribution in [1.82, 2.24) is 15.5 Å². The third kappa shape index (κ3) is 5.06. The van der Waals surface area contributed by atoms with Crippen molar-refractivity contribution in [3.8, 4) is 0 Å². The summed E-state index contributed by atoms with van der Waals surface area (Å²) in [5, 5.41) is 5.41. The SMILES string of the molecule is CNC(=O)C1CCN(C(=O)CCNC(=O)c2ccc(Br)cc2)CC1. The van der Waals surface area contributed by atoms with Crippen molar-refractivity contribution in [2.75, 3.05) is 26.7 Å². The van der Waals surface area contributed by atoms with Gasteiger partial charge in [0.15, 0.2) is 0 Å². The van der Waals surface area contributed by atoms with Gasteiger partial charge in [-0.2, -0.15) is 0 Å². The van der Waals surface area contributed by atoms with Gasteiger partial charge in [-0.3, -0.25) is 14.4 Å². The number of carbonyl (C=O) groups excluding carboxylic acids is 3. The van der Waals surface area contributed by atoms with Crippen LogP contribution in [0.3, 0.4) is 0 Å². The van der Waals surface area contributed by atoms with Crippen molar-refractivity contribution in [3.63, 3.8) is 0 Å². The van der Waals surface area contributed by atoms with E-state index in [0.717, 1.165) is 4.47 Å². The molecule has 1 heterocycles. The zero-order valence-corrected chi connectivity index (χ0v) is 15.3. The molecule has 0 aliphatic carbocycles. The van der Waals surface area contributed by atoms with E-state index in [1.165, 1.54) is 0 Å². The second-order valence-electron chi connectivity index (χ2n) is 5.78. The summed E-state index contributed by atoms with van der Waals surface area (Å²) in [4.78, 5) is 37.5. The Morgan fingerprint density at radius 2 is 1.79 bits per heavy atom. The van der Waals surface area contributed by atoms with Gasteiger partial charge in [0.25, 0.3) is 5.91 Å². The minimum atomic E-state index is -0.186. The molecule has 0 saturated carbocycles. The molecule has 0 aromatic heterocycles. The van der Waals surface area contributed by atoms with Gasteiger partial charge in [0.05, 0.1) is 0 Å². The monoisotopic (exact) mass is 395 g/mol. The highest BCUT2D eigenvalue weighted by atomic mass is 79.9. The lowest BCUT2D eigenvalue weighted by Gasteiger charge is -2.31. The third-order valence-corrected chi connectivity index (χ3v) is 4.72.